The zero-order valence-electron chi connectivity index (χ0n) is 28.2. The van der Waals surface area contributed by atoms with Gasteiger partial charge >= 0.3 is 11.9 Å². The van der Waals surface area contributed by atoms with Crippen molar-refractivity contribution in [2.24, 2.45) is 64.1 Å². The van der Waals surface area contributed by atoms with Gasteiger partial charge in [-0.25, -0.2) is 0 Å². The highest BCUT2D eigenvalue weighted by atomic mass is 16.5. The Morgan fingerprint density at radius 3 is 2.27 bits per heavy atom. The fourth-order valence-corrected chi connectivity index (χ4v) is 12.5. The minimum atomic E-state index is -0.807. The van der Waals surface area contributed by atoms with E-state index in [-0.39, 0.29) is 52.4 Å². The van der Waals surface area contributed by atoms with Crippen molar-refractivity contribution in [3.05, 3.63) is 22.9 Å². The summed E-state index contributed by atoms with van der Waals surface area (Å²) in [6, 6.07) is 0. The van der Waals surface area contributed by atoms with E-state index in [9.17, 15) is 19.5 Å². The highest BCUT2D eigenvalue weighted by Gasteiger charge is 2.66. The molecule has 1 heterocycles. The summed E-state index contributed by atoms with van der Waals surface area (Å²) >= 11 is 0. The van der Waals surface area contributed by atoms with E-state index in [1.54, 1.807) is 0 Å². The van der Waals surface area contributed by atoms with Gasteiger partial charge < -0.3 is 14.3 Å². The average Bonchev–Trinajstić information content (AvgIpc) is 3.54. The molecule has 45 heavy (non-hydrogen) atoms. The highest BCUT2D eigenvalue weighted by Crippen LogP contribution is 2.71. The Kier molecular flexibility index (Phi) is 7.26. The molecule has 8 nitrogen and oxygen atoms in total. The molecular formula is C37H52N2O6. The highest BCUT2D eigenvalue weighted by molar-refractivity contribution is 6.01. The number of esters is 1. The normalized spacial score (nSPS) is 45.7. The zero-order chi connectivity index (χ0) is 32.2. The Morgan fingerprint density at radius 1 is 0.933 bits per heavy atom. The molecule has 1 aromatic heterocycles. The molecule has 6 aliphatic rings. The fourth-order valence-electron chi connectivity index (χ4n) is 12.5. The number of hydrogen-bond acceptors (Lipinski definition) is 7. The van der Waals surface area contributed by atoms with Gasteiger partial charge in [-0.1, -0.05) is 41.5 Å². The SMILES string of the molecule is Cc1nnc(C23CCC4C(CCC5C4(C)CCC4C(C)C(OC(=O)C6CC(C(=O)O)C6C)CCC45C)C2=C(C(C)C)C(=O)C3)o1. The lowest BCUT2D eigenvalue weighted by molar-refractivity contribution is -0.196. The van der Waals surface area contributed by atoms with Gasteiger partial charge in [0.2, 0.25) is 11.8 Å². The van der Waals surface area contributed by atoms with Gasteiger partial charge in [-0.15, -0.1) is 10.2 Å². The topological polar surface area (TPSA) is 120 Å². The van der Waals surface area contributed by atoms with Gasteiger partial charge in [0.05, 0.1) is 17.3 Å². The summed E-state index contributed by atoms with van der Waals surface area (Å²) < 4.78 is 12.3. The van der Waals surface area contributed by atoms with Crippen LogP contribution in [0.4, 0.5) is 0 Å². The summed E-state index contributed by atoms with van der Waals surface area (Å²) in [7, 11) is 0. The minimum Gasteiger partial charge on any atom is -0.481 e. The summed E-state index contributed by atoms with van der Waals surface area (Å²) in [4.78, 5) is 38.3. The van der Waals surface area contributed by atoms with Crippen LogP contribution >= 0.6 is 0 Å². The van der Waals surface area contributed by atoms with Crippen molar-refractivity contribution in [2.45, 2.75) is 124 Å². The molecule has 1 aromatic rings. The van der Waals surface area contributed by atoms with Gasteiger partial charge in [0, 0.05) is 13.3 Å². The number of carbonyl (C=O) groups excluding carboxylic acids is 2. The van der Waals surface area contributed by atoms with Crippen LogP contribution in [0, 0.1) is 71.0 Å². The van der Waals surface area contributed by atoms with E-state index in [0.29, 0.717) is 48.3 Å². The number of carboxylic acids is 1. The fraction of sp³-hybridized carbons (Fsp3) is 0.811. The molecule has 12 unspecified atom stereocenters. The van der Waals surface area contributed by atoms with Crippen LogP contribution in [0.25, 0.3) is 0 Å². The van der Waals surface area contributed by atoms with Crippen molar-refractivity contribution in [3.8, 4) is 0 Å². The number of nitrogens with zero attached hydrogens (tertiary/aromatic N) is 2. The summed E-state index contributed by atoms with van der Waals surface area (Å²) in [5.74, 6) is 2.02. The number of aromatic nitrogens is 2. The Balaban J connectivity index is 1.13. The standard InChI is InChI=1S/C37H52N2O6/c1-18(2)30-27(40)17-37(34-39-38-21(5)44-34)15-11-26-22(31(30)37)8-9-29-35(6)14-12-28(20(4)25(35)10-13-36(26,29)7)45-33(43)24-16-23(19(24)3)32(41)42/h18-20,22-26,28-29H,8-17H2,1-7H3,(H,41,42). The molecule has 0 amide bonds. The molecule has 0 saturated heterocycles. The number of rotatable bonds is 5. The number of ketones is 1. The zero-order valence-corrected chi connectivity index (χ0v) is 28.2. The third-order valence-electron chi connectivity index (χ3n) is 14.7. The second-order valence-electron chi connectivity index (χ2n) is 16.8. The molecule has 0 aliphatic heterocycles. The molecule has 7 rings (SSSR count). The van der Waals surface area contributed by atoms with E-state index >= 15 is 0 Å². The molecule has 0 radical (unpaired) electrons. The van der Waals surface area contributed by atoms with Crippen molar-refractivity contribution in [2.75, 3.05) is 0 Å². The lowest BCUT2D eigenvalue weighted by Crippen LogP contribution is -2.61. The number of aliphatic carboxylic acids is 1. The number of carboxylic acid groups (broad SMARTS) is 1. The minimum absolute atomic E-state index is 0.0937. The van der Waals surface area contributed by atoms with Crippen LogP contribution in [0.5, 0.6) is 0 Å². The summed E-state index contributed by atoms with van der Waals surface area (Å²) in [6.45, 7) is 15.4. The second-order valence-corrected chi connectivity index (χ2v) is 16.8. The smallest absolute Gasteiger partial charge is 0.309 e. The predicted molar refractivity (Wildman–Crippen MR) is 167 cm³/mol. The molecule has 1 N–H and O–H groups in total. The van der Waals surface area contributed by atoms with Crippen molar-refractivity contribution < 1.29 is 28.6 Å². The second kappa shape index (κ2) is 10.5. The molecule has 6 aliphatic carbocycles. The first-order chi connectivity index (χ1) is 21.2. The first kappa shape index (κ1) is 31.1. The number of aryl methyl sites for hydroxylation is 1. The summed E-state index contributed by atoms with van der Waals surface area (Å²) in [6.07, 6.45) is 9.22. The maximum atomic E-state index is 13.7. The van der Waals surface area contributed by atoms with Gasteiger partial charge in [0.1, 0.15) is 6.10 Å². The Bertz CT molecular complexity index is 1450. The van der Waals surface area contributed by atoms with Crippen molar-refractivity contribution in [1.29, 1.82) is 0 Å². The molecule has 0 bridgehead atoms. The van der Waals surface area contributed by atoms with Crippen molar-refractivity contribution in [3.63, 3.8) is 0 Å². The van der Waals surface area contributed by atoms with Gasteiger partial charge in [0.25, 0.3) is 0 Å². The van der Waals surface area contributed by atoms with E-state index in [2.05, 4.69) is 44.8 Å². The largest absolute Gasteiger partial charge is 0.481 e. The van der Waals surface area contributed by atoms with Crippen molar-refractivity contribution >= 4 is 17.7 Å². The van der Waals surface area contributed by atoms with E-state index < -0.39 is 17.3 Å². The lowest BCUT2D eigenvalue weighted by atomic mass is 9.38. The molecule has 0 aromatic carbocycles. The molecular weight excluding hydrogens is 568 g/mol. The molecule has 8 heteroatoms. The Morgan fingerprint density at radius 2 is 1.62 bits per heavy atom. The van der Waals surface area contributed by atoms with Crippen LogP contribution < -0.4 is 0 Å². The average molecular weight is 621 g/mol. The third kappa shape index (κ3) is 4.31. The van der Waals surface area contributed by atoms with Crippen LogP contribution in [0.3, 0.4) is 0 Å². The predicted octanol–water partition coefficient (Wildman–Crippen LogP) is 7.10. The molecule has 246 valence electrons. The van der Waals surface area contributed by atoms with E-state index in [0.717, 1.165) is 56.9 Å². The number of carbonyl (C=O) groups is 3. The lowest BCUT2D eigenvalue weighted by Gasteiger charge is -2.67. The number of Topliss-reactive ketones (excluding diaryl/α,β-unsaturated/α-hetero) is 1. The quantitative estimate of drug-likeness (QED) is 0.346. The van der Waals surface area contributed by atoms with Crippen LogP contribution in [-0.4, -0.2) is 39.1 Å². The van der Waals surface area contributed by atoms with Crippen LogP contribution in [0.2, 0.25) is 0 Å². The van der Waals surface area contributed by atoms with E-state index in [1.165, 1.54) is 5.57 Å². The van der Waals surface area contributed by atoms with Gasteiger partial charge in [0.15, 0.2) is 5.78 Å². The first-order valence-electron chi connectivity index (χ1n) is 17.7. The summed E-state index contributed by atoms with van der Waals surface area (Å²) in [5, 5.41) is 18.1. The van der Waals surface area contributed by atoms with Gasteiger partial charge in [-0.05, 0) is 121 Å². The number of fused-ring (bicyclic) bond motifs is 7. The Labute approximate surface area is 267 Å². The molecule has 12 atom stereocenters. The Hall–Kier alpha value is -2.51. The van der Waals surface area contributed by atoms with E-state index in [1.807, 2.05) is 13.8 Å². The maximum Gasteiger partial charge on any atom is 0.309 e. The van der Waals surface area contributed by atoms with Gasteiger partial charge in [-0.3, -0.25) is 14.4 Å². The first-order valence-corrected chi connectivity index (χ1v) is 17.7. The van der Waals surface area contributed by atoms with Crippen LogP contribution in [0.1, 0.15) is 118 Å². The summed E-state index contributed by atoms with van der Waals surface area (Å²) in [5.41, 5.74) is 2.30. The number of ether oxygens (including phenoxy) is 1. The van der Waals surface area contributed by atoms with Gasteiger partial charge in [-0.2, -0.15) is 0 Å². The monoisotopic (exact) mass is 620 g/mol. The van der Waals surface area contributed by atoms with Crippen molar-refractivity contribution in [1.82, 2.24) is 10.2 Å². The molecule has 0 spiro atoms. The molecule has 5 saturated carbocycles. The maximum absolute atomic E-state index is 13.7. The third-order valence-corrected chi connectivity index (χ3v) is 14.7. The number of allylic oxidation sites excluding steroid dienone is 2. The van der Waals surface area contributed by atoms with Crippen LogP contribution in [0.15, 0.2) is 15.6 Å². The number of hydrogen-bond donors (Lipinski definition) is 1. The van der Waals surface area contributed by atoms with E-state index in [4.69, 9.17) is 9.15 Å². The van der Waals surface area contributed by atoms with Crippen LogP contribution in [-0.2, 0) is 24.5 Å². The molecule has 5 fully saturated rings.